The summed E-state index contributed by atoms with van der Waals surface area (Å²) in [5.41, 5.74) is 2.25. The molecule has 0 saturated heterocycles. The first kappa shape index (κ1) is 11.8. The molecule has 0 fully saturated rings. The Bertz CT molecular complexity index is 99.7. The van der Waals surface area contributed by atoms with E-state index in [1.54, 1.807) is 13.8 Å². The van der Waals surface area contributed by atoms with E-state index in [2.05, 4.69) is 10.7 Å². The molecule has 0 aliphatic rings. The Morgan fingerprint density at radius 3 is 2.33 bits per heavy atom. The van der Waals surface area contributed by atoms with Crippen molar-refractivity contribution in [3.05, 3.63) is 5.21 Å². The molecule has 0 bridgehead atoms. The molecule has 0 aromatic carbocycles. The van der Waals surface area contributed by atoms with Crippen molar-refractivity contribution >= 4 is 0 Å². The van der Waals surface area contributed by atoms with Crippen molar-refractivity contribution < 1.29 is 41.2 Å². The van der Waals surface area contributed by atoms with Gasteiger partial charge in [0, 0.05) is 0 Å². The fourth-order valence-electron chi connectivity index (χ4n) is 0.247. The van der Waals surface area contributed by atoms with Gasteiger partial charge in [0.1, 0.15) is 0 Å². The number of rotatable bonds is 2. The molecule has 0 amide bonds. The maximum atomic E-state index is 10.0. The Balaban J connectivity index is -0.000000245. The van der Waals surface area contributed by atoms with Gasteiger partial charge in [-0.25, -0.2) is 0 Å². The third-order valence-corrected chi connectivity index (χ3v) is 0.450. The number of nitrogens with zero attached hydrogens (tertiary/aromatic N) is 2. The van der Waals surface area contributed by atoms with E-state index >= 15 is 0 Å². The summed E-state index contributed by atoms with van der Waals surface area (Å²) in [6.45, 7) is 3.52. The Kier molecular flexibility index (Phi) is 8.00. The normalized spacial score (nSPS) is 10.8. The fourth-order valence-corrected chi connectivity index (χ4v) is 0.247. The van der Waals surface area contributed by atoms with Crippen molar-refractivity contribution in [1.29, 1.82) is 0 Å². The first-order valence-corrected chi connectivity index (χ1v) is 2.25. The molecule has 0 radical (unpaired) electrons. The Hall–Kier alpha value is 0. The summed E-state index contributed by atoms with van der Waals surface area (Å²) in [6, 6.07) is -0.0107. The minimum absolute atomic E-state index is 0. The summed E-state index contributed by atoms with van der Waals surface area (Å²) in [7, 11) is 0. The number of hydrogen-bond acceptors (Lipinski definition) is 2. The summed E-state index contributed by atoms with van der Waals surface area (Å²) in [4.78, 5) is 0.00463. The molecule has 0 aromatic rings. The second kappa shape index (κ2) is 6.12. The Morgan fingerprint density at radius 1 is 1.78 bits per heavy atom. The van der Waals surface area contributed by atoms with E-state index in [4.69, 9.17) is 5.21 Å². The van der Waals surface area contributed by atoms with Crippen molar-refractivity contribution in [2.45, 2.75) is 19.9 Å². The van der Waals surface area contributed by atoms with Crippen LogP contribution in [0, 0.1) is 5.21 Å². The predicted octanol–water partition coefficient (Wildman–Crippen LogP) is -2.63. The van der Waals surface area contributed by atoms with Crippen LogP contribution >= 0.6 is 0 Å². The van der Waals surface area contributed by atoms with Gasteiger partial charge >= 0.3 is 29.6 Å². The summed E-state index contributed by atoms with van der Waals surface area (Å²) < 4.78 is 0. The average Bonchev–Trinajstić information content (AvgIpc) is 1.65. The van der Waals surface area contributed by atoms with Gasteiger partial charge < -0.3 is 11.8 Å². The number of hydrazine groups is 1. The second-order valence-electron chi connectivity index (χ2n) is 1.65. The standard InChI is InChI=1S/C3H9N3O2.Na.H/c1-3(2)4-6(8)5-7;;/h3,7H,1-2H3,(H,4,5);;/q;+1;-1. The quantitative estimate of drug-likeness (QED) is 0.192. The minimum Gasteiger partial charge on any atom is -1.00 e. The van der Waals surface area contributed by atoms with E-state index in [0.717, 1.165) is 0 Å². The summed E-state index contributed by atoms with van der Waals surface area (Å²) in [5, 5.41) is 20.1. The molecule has 0 saturated carbocycles. The van der Waals surface area contributed by atoms with Crippen LogP contribution in [0.2, 0.25) is 0 Å². The molecular formula is C3H10N3NaO2. The van der Waals surface area contributed by atoms with E-state index < -0.39 is 0 Å². The monoisotopic (exact) mass is 143 g/mol. The van der Waals surface area contributed by atoms with E-state index in [1.165, 1.54) is 0 Å². The van der Waals surface area contributed by atoms with Crippen LogP contribution in [0.15, 0.2) is 5.28 Å². The zero-order chi connectivity index (χ0) is 6.57. The van der Waals surface area contributed by atoms with Crippen LogP contribution < -0.4 is 35.0 Å². The van der Waals surface area contributed by atoms with Gasteiger partial charge in [-0.05, 0) is 13.8 Å². The maximum absolute atomic E-state index is 10.0. The van der Waals surface area contributed by atoms with E-state index in [1.807, 2.05) is 0 Å². The number of nitrogens with one attached hydrogen (secondary N) is 1. The molecule has 6 heteroatoms. The van der Waals surface area contributed by atoms with Crippen LogP contribution in [-0.2, 0) is 0 Å². The molecule has 50 valence electrons. The molecule has 0 atom stereocenters. The van der Waals surface area contributed by atoms with Crippen molar-refractivity contribution in [2.75, 3.05) is 0 Å². The Morgan fingerprint density at radius 2 is 2.22 bits per heavy atom. The van der Waals surface area contributed by atoms with Crippen molar-refractivity contribution in [1.82, 2.24) is 5.43 Å². The molecule has 2 N–H and O–H groups in total. The smallest absolute Gasteiger partial charge is 1.00 e. The zero-order valence-corrected chi connectivity index (χ0v) is 7.83. The second-order valence-corrected chi connectivity index (χ2v) is 1.65. The summed E-state index contributed by atoms with van der Waals surface area (Å²) in [5.74, 6) is 0. The molecule has 0 unspecified atom stereocenters. The zero-order valence-electron chi connectivity index (χ0n) is 6.83. The largest absolute Gasteiger partial charge is 1.00 e. The molecule has 0 rings (SSSR count). The first-order chi connectivity index (χ1) is 3.66. The molecule has 0 aliphatic carbocycles. The topological polar surface area (TPSA) is 70.7 Å². The van der Waals surface area contributed by atoms with Crippen LogP contribution in [0.1, 0.15) is 15.3 Å². The van der Waals surface area contributed by atoms with Gasteiger partial charge in [-0.15, -0.1) is 0 Å². The summed E-state index contributed by atoms with van der Waals surface area (Å²) >= 11 is 0. The van der Waals surface area contributed by atoms with Crippen LogP contribution in [-0.4, -0.2) is 16.2 Å². The molecular weight excluding hydrogens is 133 g/mol. The van der Waals surface area contributed by atoms with Gasteiger partial charge in [-0.1, -0.05) is 0 Å². The fraction of sp³-hybridized carbons (Fsp3) is 1.00. The average molecular weight is 143 g/mol. The predicted molar refractivity (Wildman–Crippen MR) is 27.2 cm³/mol. The van der Waals surface area contributed by atoms with Crippen LogP contribution in [0.3, 0.4) is 0 Å². The molecule has 9 heavy (non-hydrogen) atoms. The van der Waals surface area contributed by atoms with Crippen molar-refractivity contribution in [2.24, 2.45) is 5.28 Å². The van der Waals surface area contributed by atoms with E-state index in [9.17, 15) is 5.21 Å². The van der Waals surface area contributed by atoms with Crippen molar-refractivity contribution in [3.8, 4) is 0 Å². The van der Waals surface area contributed by atoms with Crippen LogP contribution in [0.25, 0.3) is 0 Å². The van der Waals surface area contributed by atoms with E-state index in [0.29, 0.717) is 0 Å². The third kappa shape index (κ3) is 8.00. The molecule has 0 aromatic heterocycles. The van der Waals surface area contributed by atoms with Gasteiger partial charge in [0.25, 0.3) is 0 Å². The van der Waals surface area contributed by atoms with Gasteiger partial charge in [0.2, 0.25) is 5.28 Å². The Labute approximate surface area is 77.0 Å². The van der Waals surface area contributed by atoms with Crippen LogP contribution in [0.4, 0.5) is 0 Å². The minimum atomic E-state index is -0.0107. The molecule has 0 heterocycles. The first-order valence-electron chi connectivity index (χ1n) is 2.25. The van der Waals surface area contributed by atoms with Crippen LogP contribution in [0.5, 0.6) is 0 Å². The van der Waals surface area contributed by atoms with Crippen molar-refractivity contribution in [3.63, 3.8) is 0 Å². The molecule has 0 spiro atoms. The maximum Gasteiger partial charge on any atom is 1.00 e. The van der Waals surface area contributed by atoms with E-state index in [-0.39, 0.29) is 42.0 Å². The van der Waals surface area contributed by atoms with Gasteiger partial charge in [0.15, 0.2) is 0 Å². The number of hydrogen-bond donors (Lipinski definition) is 2. The third-order valence-electron chi connectivity index (χ3n) is 0.450. The molecule has 5 nitrogen and oxygen atoms in total. The van der Waals surface area contributed by atoms with Gasteiger partial charge in [-0.3, -0.25) is 0 Å². The SMILES string of the molecule is CC(C)N[N+]([O-])=NO.[H-].[Na+]. The van der Waals surface area contributed by atoms with Gasteiger partial charge in [0.05, 0.1) is 11.0 Å². The molecule has 0 aliphatic heterocycles. The van der Waals surface area contributed by atoms with Gasteiger partial charge in [-0.2, -0.15) is 5.43 Å². The summed E-state index contributed by atoms with van der Waals surface area (Å²) in [6.07, 6.45) is 0.